The molecule has 496 valence electrons. The molecule has 9 aromatic carbocycles. The second kappa shape index (κ2) is 40.7. The van der Waals surface area contributed by atoms with Crippen LogP contribution in [-0.4, -0.2) is 12.9 Å². The van der Waals surface area contributed by atoms with Crippen molar-refractivity contribution in [2.24, 2.45) is 0 Å². The molecule has 0 aromatic heterocycles. The summed E-state index contributed by atoms with van der Waals surface area (Å²) in [5.41, 5.74) is 8.57. The Morgan fingerprint density at radius 2 is 0.753 bits per heavy atom. The van der Waals surface area contributed by atoms with Crippen molar-refractivity contribution in [3.05, 3.63) is 331 Å². The van der Waals surface area contributed by atoms with E-state index >= 15 is 0 Å². The Morgan fingerprint density at radius 3 is 1.08 bits per heavy atom. The fourth-order valence-electron chi connectivity index (χ4n) is 9.09. The summed E-state index contributed by atoms with van der Waals surface area (Å²) in [6.07, 6.45) is 7.40. The summed E-state index contributed by atoms with van der Waals surface area (Å²) in [5.74, 6) is -1.80. The monoisotopic (exact) mass is 1560 g/mol. The Bertz CT molecular complexity index is 4370. The summed E-state index contributed by atoms with van der Waals surface area (Å²) < 4.78 is 99.4. The van der Waals surface area contributed by atoms with Gasteiger partial charge in [0.1, 0.15) is 33.0 Å². The minimum Gasteiger partial charge on any atom is -0.487 e. The zero-order valence-electron chi connectivity index (χ0n) is 53.4. The molecule has 0 saturated heterocycles. The lowest BCUT2D eigenvalue weighted by molar-refractivity contribution is 0.112. The summed E-state index contributed by atoms with van der Waals surface area (Å²) in [7, 11) is 0. The molecule has 0 N–H and O–H groups in total. The maximum absolute atomic E-state index is 14.5. The SMILES string of the molecule is CCc1cc(OCc2ccccc2)c(F)c(CC)c1C=O.[C-]#[N+]c1c(Br)cc(OCC=C)c(F)c1Br.[C-]#[N+]c1c(Br)cc(OCc2ccccc2)c(F)c1Br.[C-]#[N+]c1c(C=C)cc(OCc2ccccc2)c(F)c1C=C.[C-]#[N+]c1c(CC)cc(OCc2ccccc2)c(F)c1CC. The van der Waals surface area contributed by atoms with E-state index in [-0.39, 0.29) is 80.1 Å². The number of rotatable bonds is 22. The van der Waals surface area contributed by atoms with Crippen molar-refractivity contribution in [3.8, 4) is 28.7 Å². The van der Waals surface area contributed by atoms with Gasteiger partial charge in [-0.25, -0.2) is 41.3 Å². The van der Waals surface area contributed by atoms with Gasteiger partial charge in [0.2, 0.25) is 17.1 Å². The molecule has 0 saturated carbocycles. The Balaban J connectivity index is 0.000000220. The molecule has 0 amide bonds. The van der Waals surface area contributed by atoms with Crippen molar-refractivity contribution in [2.45, 2.75) is 79.8 Å². The van der Waals surface area contributed by atoms with Crippen LogP contribution >= 0.6 is 63.7 Å². The first kappa shape index (κ1) is 78.1. The van der Waals surface area contributed by atoms with E-state index in [1.165, 1.54) is 36.4 Å². The van der Waals surface area contributed by atoms with Crippen LogP contribution in [0.1, 0.15) is 93.7 Å². The van der Waals surface area contributed by atoms with Gasteiger partial charge < -0.3 is 23.7 Å². The second-order valence-corrected chi connectivity index (χ2v) is 23.5. The first-order chi connectivity index (χ1) is 46.9. The van der Waals surface area contributed by atoms with Gasteiger partial charge in [-0.3, -0.25) is 4.79 Å². The summed E-state index contributed by atoms with van der Waals surface area (Å²) in [5, 5.41) is 0. The second-order valence-electron chi connectivity index (χ2n) is 20.2. The van der Waals surface area contributed by atoms with E-state index in [0.717, 1.165) is 39.7 Å². The van der Waals surface area contributed by atoms with Crippen LogP contribution in [0.5, 0.6) is 28.7 Å². The summed E-state index contributed by atoms with van der Waals surface area (Å²) in [4.78, 5) is 24.5. The van der Waals surface area contributed by atoms with E-state index in [2.05, 4.69) is 103 Å². The van der Waals surface area contributed by atoms with Crippen LogP contribution in [0.2, 0.25) is 0 Å². The fraction of sp³-hybridized carbons (Fsp3) is 0.167. The maximum atomic E-state index is 14.5. The number of aryl methyl sites for hydroxylation is 2. The predicted molar refractivity (Wildman–Crippen MR) is 390 cm³/mol. The third kappa shape index (κ3) is 21.7. The minimum absolute atomic E-state index is 0.0843. The molecule has 0 aliphatic carbocycles. The molecule has 9 rings (SSSR count). The van der Waals surface area contributed by atoms with Crippen LogP contribution in [0, 0.1) is 55.4 Å². The highest BCUT2D eigenvalue weighted by molar-refractivity contribution is 9.11. The Morgan fingerprint density at radius 1 is 0.402 bits per heavy atom. The number of carbonyl (C=O) groups is 1. The molecule has 0 aliphatic rings. The van der Waals surface area contributed by atoms with Crippen LogP contribution in [0.3, 0.4) is 0 Å². The highest BCUT2D eigenvalue weighted by Gasteiger charge is 2.22. The minimum atomic E-state index is -0.578. The van der Waals surface area contributed by atoms with E-state index in [4.69, 9.17) is 50.0 Å². The van der Waals surface area contributed by atoms with Gasteiger partial charge in [0.05, 0.1) is 35.2 Å². The number of nitrogens with zero attached hydrogens (tertiary/aromatic N) is 4. The molecule has 10 nitrogen and oxygen atoms in total. The van der Waals surface area contributed by atoms with Gasteiger partial charge in [0.15, 0.2) is 69.8 Å². The highest BCUT2D eigenvalue weighted by Crippen LogP contribution is 2.43. The molecule has 0 heterocycles. The van der Waals surface area contributed by atoms with E-state index in [0.29, 0.717) is 75.8 Å². The zero-order valence-corrected chi connectivity index (χ0v) is 59.7. The Labute approximate surface area is 597 Å². The first-order valence-corrected chi connectivity index (χ1v) is 33.0. The highest BCUT2D eigenvalue weighted by atomic mass is 79.9. The van der Waals surface area contributed by atoms with Crippen molar-refractivity contribution in [1.29, 1.82) is 0 Å². The average molecular weight is 1570 g/mol. The standard InChI is InChI=1S/C18H18FNO.C18H14FNO.C18H19FO2.C14H8Br2FNO.C10H6Br2FNO/c2*1-4-14-11-16(17(19)15(5-2)18(14)20-3)21-12-13-9-7-6-8-10-13;1-3-14-10-17(18(19)15(4-2)16(14)11-20)21-12-13-8-6-5-7-9-13;1-18-14-10(15)7-11(13(17)12(14)16)19-8-9-5-3-2-4-6-9;1-3-4-15-7-5-6(11)10(14-2)8(12)9(7)13/h6-11H,4-5,12H2,1-2H3;4-11H,1-2,12H2;5-11H,3-4,12H2,1-2H3;2-7H,8H2;3,5H,1,4H2. The third-order valence-corrected chi connectivity index (χ3v) is 16.7. The third-order valence-electron chi connectivity index (χ3n) is 14.1. The Hall–Kier alpha value is -9.60. The fourth-order valence-corrected chi connectivity index (χ4v) is 11.6. The largest absolute Gasteiger partial charge is 0.487 e. The molecule has 19 heteroatoms. The van der Waals surface area contributed by atoms with Crippen LogP contribution in [0.15, 0.2) is 195 Å². The van der Waals surface area contributed by atoms with Crippen molar-refractivity contribution in [2.75, 3.05) is 6.61 Å². The molecule has 0 spiro atoms. The first-order valence-electron chi connectivity index (χ1n) is 29.9. The van der Waals surface area contributed by atoms with Crippen LogP contribution < -0.4 is 23.7 Å². The number of benzene rings is 9. The lowest BCUT2D eigenvalue weighted by Gasteiger charge is -2.14. The molecule has 0 fully saturated rings. The number of hydrogen-bond donors (Lipinski definition) is 0. The average Bonchev–Trinajstić information content (AvgIpc) is 0.842. The number of halogens is 9. The molecule has 0 bridgehead atoms. The molecular formula is C78H65Br4F5N4O6. The molecular weight excluding hydrogens is 1500 g/mol. The molecule has 9 aromatic rings. The van der Waals surface area contributed by atoms with Crippen LogP contribution in [0.4, 0.5) is 44.7 Å². The molecule has 97 heavy (non-hydrogen) atoms. The van der Waals surface area contributed by atoms with E-state index < -0.39 is 29.1 Å². The maximum Gasteiger partial charge on any atom is 0.218 e. The van der Waals surface area contributed by atoms with E-state index in [9.17, 15) is 26.7 Å². The molecule has 0 aliphatic heterocycles. The van der Waals surface area contributed by atoms with E-state index in [1.807, 2.05) is 149 Å². The number of hydrogen-bond acceptors (Lipinski definition) is 6. The van der Waals surface area contributed by atoms with Crippen LogP contribution in [0.25, 0.3) is 31.5 Å². The van der Waals surface area contributed by atoms with Gasteiger partial charge in [0, 0.05) is 25.6 Å². The van der Waals surface area contributed by atoms with E-state index in [1.54, 1.807) is 12.1 Å². The molecule has 0 atom stereocenters. The van der Waals surface area contributed by atoms with Gasteiger partial charge >= 0.3 is 0 Å². The lowest BCUT2D eigenvalue weighted by Crippen LogP contribution is -2.06. The number of aldehydes is 1. The summed E-state index contributed by atoms with van der Waals surface area (Å²) in [6.45, 7) is 47.9. The predicted octanol–water partition coefficient (Wildman–Crippen LogP) is 24.6. The van der Waals surface area contributed by atoms with Crippen LogP contribution in [-0.2, 0) is 52.1 Å². The number of ether oxygens (including phenoxy) is 5. The van der Waals surface area contributed by atoms with Crippen molar-refractivity contribution < 1.29 is 50.4 Å². The quantitative estimate of drug-likeness (QED) is 0.0221. The van der Waals surface area contributed by atoms with Gasteiger partial charge in [-0.2, -0.15) is 0 Å². The topological polar surface area (TPSA) is 80.7 Å². The number of carbonyl (C=O) groups excluding carboxylic acids is 1. The summed E-state index contributed by atoms with van der Waals surface area (Å²) >= 11 is 12.5. The molecule has 0 radical (unpaired) electrons. The van der Waals surface area contributed by atoms with Gasteiger partial charge in [-0.05, 0) is 101 Å². The molecule has 0 unspecified atom stereocenters. The Kier molecular flexibility index (Phi) is 32.8. The summed E-state index contributed by atoms with van der Waals surface area (Å²) in [6, 6.07) is 45.9. The van der Waals surface area contributed by atoms with Crippen molar-refractivity contribution >= 4 is 105 Å². The van der Waals surface area contributed by atoms with Crippen molar-refractivity contribution in [1.82, 2.24) is 0 Å². The zero-order chi connectivity index (χ0) is 71.0. The van der Waals surface area contributed by atoms with Gasteiger partial charge in [-0.1, -0.05) is 251 Å². The smallest absolute Gasteiger partial charge is 0.218 e. The normalized spacial score (nSPS) is 9.99. The lowest BCUT2D eigenvalue weighted by atomic mass is 9.97. The van der Waals surface area contributed by atoms with Crippen molar-refractivity contribution in [3.63, 3.8) is 0 Å². The van der Waals surface area contributed by atoms with Gasteiger partial charge in [-0.15, -0.1) is 0 Å². The van der Waals surface area contributed by atoms with Gasteiger partial charge in [0.25, 0.3) is 0 Å².